The molecule has 2 N–H and O–H groups in total. The van der Waals surface area contributed by atoms with Crippen LogP contribution in [0.1, 0.15) is 35.8 Å². The molecule has 7 heteroatoms. The third kappa shape index (κ3) is 4.89. The molecular formula is C25H24F2N2O3. The van der Waals surface area contributed by atoms with Crippen LogP contribution in [0.3, 0.4) is 0 Å². The molecular weight excluding hydrogens is 414 g/mol. The molecule has 1 atom stereocenters. The Labute approximate surface area is 184 Å². The van der Waals surface area contributed by atoms with Gasteiger partial charge in [0.15, 0.2) is 11.6 Å². The van der Waals surface area contributed by atoms with E-state index in [9.17, 15) is 8.78 Å². The maximum atomic E-state index is 13.8. The number of nitrogens with two attached hydrogens (primary N) is 1. The number of furan rings is 1. The Balaban J connectivity index is 1.40. The minimum absolute atomic E-state index is 0.0163. The van der Waals surface area contributed by atoms with Crippen LogP contribution in [0, 0.1) is 18.6 Å². The number of halogens is 2. The van der Waals surface area contributed by atoms with Gasteiger partial charge in [-0.05, 0) is 55.7 Å². The molecule has 4 rings (SSSR count). The van der Waals surface area contributed by atoms with Crippen molar-refractivity contribution in [2.24, 2.45) is 5.73 Å². The Hall–Kier alpha value is -3.45. The summed E-state index contributed by atoms with van der Waals surface area (Å²) in [6, 6.07) is 12.5. The molecule has 166 valence electrons. The number of aromatic nitrogens is 1. The first-order valence-electron chi connectivity index (χ1n) is 10.4. The van der Waals surface area contributed by atoms with Crippen LogP contribution in [0.2, 0.25) is 0 Å². The largest absolute Gasteiger partial charge is 0.493 e. The van der Waals surface area contributed by atoms with E-state index in [-0.39, 0.29) is 18.4 Å². The summed E-state index contributed by atoms with van der Waals surface area (Å²) in [5.41, 5.74) is 8.73. The number of ether oxygens (including phenoxy) is 2. The molecule has 0 aliphatic carbocycles. The number of benzene rings is 2. The van der Waals surface area contributed by atoms with Crippen molar-refractivity contribution < 1.29 is 22.7 Å². The molecule has 32 heavy (non-hydrogen) atoms. The molecule has 0 saturated heterocycles. The van der Waals surface area contributed by atoms with Gasteiger partial charge in [-0.1, -0.05) is 12.1 Å². The summed E-state index contributed by atoms with van der Waals surface area (Å²) < 4.78 is 44.3. The van der Waals surface area contributed by atoms with Crippen molar-refractivity contribution in [1.29, 1.82) is 0 Å². The van der Waals surface area contributed by atoms with Crippen LogP contribution >= 0.6 is 0 Å². The number of nitrogens with zero attached hydrogens (tertiary/aromatic N) is 1. The van der Waals surface area contributed by atoms with Crippen molar-refractivity contribution in [2.75, 3.05) is 6.61 Å². The highest BCUT2D eigenvalue weighted by Crippen LogP contribution is 2.34. The van der Waals surface area contributed by atoms with E-state index in [0.717, 1.165) is 41.5 Å². The monoisotopic (exact) mass is 438 g/mol. The van der Waals surface area contributed by atoms with E-state index in [1.54, 1.807) is 12.4 Å². The molecule has 0 aliphatic heterocycles. The maximum Gasteiger partial charge on any atom is 0.167 e. The van der Waals surface area contributed by atoms with Crippen molar-refractivity contribution >= 4 is 11.0 Å². The summed E-state index contributed by atoms with van der Waals surface area (Å²) >= 11 is 0. The SMILES string of the molecule is Cc1c(COc2ccc(F)cc2F)oc2cccc(OCCCC(N)c3cccnc3)c12. The summed E-state index contributed by atoms with van der Waals surface area (Å²) in [5.74, 6) is -0.186. The molecule has 5 nitrogen and oxygen atoms in total. The van der Waals surface area contributed by atoms with Gasteiger partial charge in [0.2, 0.25) is 0 Å². The zero-order valence-corrected chi connectivity index (χ0v) is 17.7. The smallest absolute Gasteiger partial charge is 0.167 e. The van der Waals surface area contributed by atoms with Crippen LogP contribution < -0.4 is 15.2 Å². The fraction of sp³-hybridized carbons (Fsp3) is 0.240. The molecule has 0 aliphatic rings. The van der Waals surface area contributed by atoms with Gasteiger partial charge in [0.1, 0.15) is 29.5 Å². The maximum absolute atomic E-state index is 13.8. The number of aryl methyl sites for hydroxylation is 1. The first kappa shape index (κ1) is 21.8. The lowest BCUT2D eigenvalue weighted by Gasteiger charge is -2.12. The van der Waals surface area contributed by atoms with Crippen molar-refractivity contribution in [3.05, 3.63) is 89.4 Å². The van der Waals surface area contributed by atoms with Gasteiger partial charge in [-0.15, -0.1) is 0 Å². The Morgan fingerprint density at radius 2 is 1.94 bits per heavy atom. The van der Waals surface area contributed by atoms with Crippen LogP contribution in [0.15, 0.2) is 65.3 Å². The lowest BCUT2D eigenvalue weighted by Crippen LogP contribution is -2.12. The quantitative estimate of drug-likeness (QED) is 0.332. The zero-order valence-electron chi connectivity index (χ0n) is 17.7. The summed E-state index contributed by atoms with van der Waals surface area (Å²) in [4.78, 5) is 4.10. The molecule has 0 amide bonds. The average molecular weight is 438 g/mol. The Bertz CT molecular complexity index is 1190. The average Bonchev–Trinajstić information content (AvgIpc) is 3.13. The fourth-order valence-corrected chi connectivity index (χ4v) is 3.56. The second-order valence-corrected chi connectivity index (χ2v) is 7.53. The molecule has 0 fully saturated rings. The first-order valence-corrected chi connectivity index (χ1v) is 10.4. The Morgan fingerprint density at radius 1 is 1.06 bits per heavy atom. The second kappa shape index (κ2) is 9.78. The minimum Gasteiger partial charge on any atom is -0.493 e. The molecule has 0 saturated carbocycles. The molecule has 2 aromatic heterocycles. The van der Waals surface area contributed by atoms with Gasteiger partial charge in [0.05, 0.1) is 12.0 Å². The second-order valence-electron chi connectivity index (χ2n) is 7.53. The van der Waals surface area contributed by atoms with Crippen molar-refractivity contribution in [1.82, 2.24) is 4.98 Å². The molecule has 0 radical (unpaired) electrons. The first-order chi connectivity index (χ1) is 15.5. The summed E-state index contributed by atoms with van der Waals surface area (Å²) in [6.45, 7) is 2.42. The van der Waals surface area contributed by atoms with Gasteiger partial charge in [-0.2, -0.15) is 0 Å². The third-order valence-corrected chi connectivity index (χ3v) is 5.30. The van der Waals surface area contributed by atoms with Crippen LogP contribution in [-0.2, 0) is 6.61 Å². The lowest BCUT2D eigenvalue weighted by molar-refractivity contribution is 0.260. The van der Waals surface area contributed by atoms with Crippen molar-refractivity contribution in [3.8, 4) is 11.5 Å². The van der Waals surface area contributed by atoms with Gasteiger partial charge >= 0.3 is 0 Å². The highest BCUT2D eigenvalue weighted by Gasteiger charge is 2.16. The molecule has 4 aromatic rings. The van der Waals surface area contributed by atoms with E-state index in [1.165, 1.54) is 6.07 Å². The van der Waals surface area contributed by atoms with E-state index in [4.69, 9.17) is 19.6 Å². The third-order valence-electron chi connectivity index (χ3n) is 5.30. The number of hydrogen-bond acceptors (Lipinski definition) is 5. The van der Waals surface area contributed by atoms with Crippen molar-refractivity contribution in [2.45, 2.75) is 32.4 Å². The predicted molar refractivity (Wildman–Crippen MR) is 118 cm³/mol. The van der Waals surface area contributed by atoms with Crippen LogP contribution in [0.5, 0.6) is 11.5 Å². The minimum atomic E-state index is -0.757. The summed E-state index contributed by atoms with van der Waals surface area (Å²) in [7, 11) is 0. The highest BCUT2D eigenvalue weighted by molar-refractivity contribution is 5.88. The number of fused-ring (bicyclic) bond motifs is 1. The topological polar surface area (TPSA) is 70.5 Å². The fourth-order valence-electron chi connectivity index (χ4n) is 3.56. The highest BCUT2D eigenvalue weighted by atomic mass is 19.1. The van der Waals surface area contributed by atoms with Crippen LogP contribution in [0.4, 0.5) is 8.78 Å². The van der Waals surface area contributed by atoms with E-state index >= 15 is 0 Å². The zero-order chi connectivity index (χ0) is 22.5. The lowest BCUT2D eigenvalue weighted by atomic mass is 10.1. The van der Waals surface area contributed by atoms with Crippen LogP contribution in [0.25, 0.3) is 11.0 Å². The van der Waals surface area contributed by atoms with Gasteiger partial charge in [-0.25, -0.2) is 8.78 Å². The summed E-state index contributed by atoms with van der Waals surface area (Å²) in [5, 5.41) is 0.849. The predicted octanol–water partition coefficient (Wildman–Crippen LogP) is 5.85. The Morgan fingerprint density at radius 3 is 2.72 bits per heavy atom. The summed E-state index contributed by atoms with van der Waals surface area (Å²) in [6.07, 6.45) is 5.06. The van der Waals surface area contributed by atoms with Gasteiger partial charge < -0.3 is 19.6 Å². The van der Waals surface area contributed by atoms with E-state index in [1.807, 2.05) is 37.3 Å². The molecule has 2 heterocycles. The van der Waals surface area contributed by atoms with Crippen LogP contribution in [-0.4, -0.2) is 11.6 Å². The molecule has 0 spiro atoms. The van der Waals surface area contributed by atoms with Gasteiger partial charge in [0.25, 0.3) is 0 Å². The molecule has 1 unspecified atom stereocenters. The number of hydrogen-bond donors (Lipinski definition) is 1. The normalized spacial score (nSPS) is 12.1. The standard InChI is InChI=1S/C25H24F2N2O3/c1-16-24(15-31-21-10-9-18(26)13-19(21)27)32-23-8-2-7-22(25(16)23)30-12-4-6-20(28)17-5-3-11-29-14-17/h2-3,5,7-11,13-14,20H,4,6,12,15,28H2,1H3. The van der Waals surface area contributed by atoms with E-state index in [2.05, 4.69) is 4.98 Å². The molecule has 0 bridgehead atoms. The van der Waals surface area contributed by atoms with Crippen molar-refractivity contribution in [3.63, 3.8) is 0 Å². The van der Waals surface area contributed by atoms with E-state index < -0.39 is 11.6 Å². The van der Waals surface area contributed by atoms with Gasteiger partial charge in [-0.3, -0.25) is 4.98 Å². The Kier molecular flexibility index (Phi) is 6.66. The molecule has 2 aromatic carbocycles. The van der Waals surface area contributed by atoms with Gasteiger partial charge in [0, 0.05) is 30.1 Å². The number of rotatable bonds is 9. The number of pyridine rings is 1. The van der Waals surface area contributed by atoms with E-state index in [0.29, 0.717) is 23.7 Å².